The maximum absolute atomic E-state index is 6.02. The Kier molecular flexibility index (Phi) is 4.05. The van der Waals surface area contributed by atoms with E-state index in [1.165, 1.54) is 17.9 Å². The summed E-state index contributed by atoms with van der Waals surface area (Å²) >= 11 is 13.8. The molecule has 3 N–H and O–H groups in total. The lowest BCUT2D eigenvalue weighted by Crippen LogP contribution is -2.14. The lowest BCUT2D eigenvalue weighted by atomic mass is 10.1. The fourth-order valence-corrected chi connectivity index (χ4v) is 3.30. The van der Waals surface area contributed by atoms with E-state index in [1.807, 2.05) is 11.8 Å². The van der Waals surface area contributed by atoms with Crippen molar-refractivity contribution in [2.75, 3.05) is 29.1 Å². The van der Waals surface area contributed by atoms with E-state index in [0.717, 1.165) is 6.54 Å². The van der Waals surface area contributed by atoms with Crippen molar-refractivity contribution in [2.45, 2.75) is 6.42 Å². The molecule has 0 aliphatic carbocycles. The number of pyridine rings is 1. The number of aromatic nitrogens is 1. The van der Waals surface area contributed by atoms with E-state index in [2.05, 4.69) is 10.3 Å². The number of thioether (sulfide) groups is 1. The van der Waals surface area contributed by atoms with E-state index < -0.39 is 0 Å². The zero-order chi connectivity index (χ0) is 11.5. The summed E-state index contributed by atoms with van der Waals surface area (Å²) in [6, 6.07) is 1.62. The van der Waals surface area contributed by atoms with Crippen LogP contribution in [0.2, 0.25) is 10.0 Å². The fraction of sp³-hybridized carbons (Fsp3) is 0.500. The highest BCUT2D eigenvalue weighted by Crippen LogP contribution is 2.29. The standard InChI is InChI=1S/C10H13Cl2N3S/c11-7-3-8(12)10(15-9(7)13)14-4-6-1-2-16-5-6/h3,6H,1-2,4-5H2,(H3,13,14,15). The van der Waals surface area contributed by atoms with Crippen LogP contribution >= 0.6 is 35.0 Å². The number of nitrogens with one attached hydrogen (secondary N) is 1. The van der Waals surface area contributed by atoms with E-state index in [4.69, 9.17) is 28.9 Å². The first kappa shape index (κ1) is 12.1. The van der Waals surface area contributed by atoms with Gasteiger partial charge in [0.2, 0.25) is 0 Å². The van der Waals surface area contributed by atoms with Gasteiger partial charge in [-0.2, -0.15) is 11.8 Å². The summed E-state index contributed by atoms with van der Waals surface area (Å²) in [5.74, 6) is 4.08. The molecular weight excluding hydrogens is 265 g/mol. The second-order valence-corrected chi connectivity index (χ2v) is 5.76. The van der Waals surface area contributed by atoms with Crippen molar-refractivity contribution in [3.05, 3.63) is 16.1 Å². The highest BCUT2D eigenvalue weighted by molar-refractivity contribution is 7.99. The third-order valence-electron chi connectivity index (χ3n) is 2.54. The van der Waals surface area contributed by atoms with E-state index in [0.29, 0.717) is 27.6 Å². The Labute approximate surface area is 109 Å². The third-order valence-corrected chi connectivity index (χ3v) is 4.36. The van der Waals surface area contributed by atoms with Gasteiger partial charge in [-0.1, -0.05) is 23.2 Å². The molecule has 1 aromatic rings. The average molecular weight is 278 g/mol. The number of hydrogen-bond donors (Lipinski definition) is 2. The Morgan fingerprint density at radius 3 is 3.00 bits per heavy atom. The highest BCUT2D eigenvalue weighted by Gasteiger charge is 2.16. The average Bonchev–Trinajstić information content (AvgIpc) is 2.74. The second kappa shape index (κ2) is 5.34. The van der Waals surface area contributed by atoms with Crippen LogP contribution in [0.25, 0.3) is 0 Å². The molecule has 0 amide bonds. The van der Waals surface area contributed by atoms with Gasteiger partial charge in [-0.15, -0.1) is 0 Å². The molecule has 0 aromatic carbocycles. The van der Waals surface area contributed by atoms with Gasteiger partial charge in [-0.05, 0) is 29.9 Å². The van der Waals surface area contributed by atoms with E-state index in [1.54, 1.807) is 6.07 Å². The van der Waals surface area contributed by atoms with Crippen molar-refractivity contribution in [3.8, 4) is 0 Å². The van der Waals surface area contributed by atoms with Gasteiger partial charge < -0.3 is 11.1 Å². The van der Waals surface area contributed by atoms with Crippen molar-refractivity contribution in [1.82, 2.24) is 4.98 Å². The minimum atomic E-state index is 0.314. The maximum Gasteiger partial charge on any atom is 0.147 e. The number of halogens is 2. The van der Waals surface area contributed by atoms with E-state index >= 15 is 0 Å². The summed E-state index contributed by atoms with van der Waals surface area (Å²) in [7, 11) is 0. The molecule has 1 saturated heterocycles. The van der Waals surface area contributed by atoms with Crippen LogP contribution < -0.4 is 11.1 Å². The number of nitrogen functional groups attached to an aromatic ring is 1. The van der Waals surface area contributed by atoms with Crippen LogP contribution in [-0.2, 0) is 0 Å². The van der Waals surface area contributed by atoms with Crippen LogP contribution in [0.15, 0.2) is 6.07 Å². The number of hydrogen-bond acceptors (Lipinski definition) is 4. The quantitative estimate of drug-likeness (QED) is 0.891. The molecule has 0 spiro atoms. The van der Waals surface area contributed by atoms with Gasteiger partial charge in [0.05, 0.1) is 10.0 Å². The molecule has 1 aromatic heterocycles. The van der Waals surface area contributed by atoms with Gasteiger partial charge in [-0.25, -0.2) is 4.98 Å². The van der Waals surface area contributed by atoms with Crippen LogP contribution in [0.5, 0.6) is 0 Å². The Morgan fingerprint density at radius 2 is 2.31 bits per heavy atom. The number of nitrogens with two attached hydrogens (primary N) is 1. The number of nitrogens with zero attached hydrogens (tertiary/aromatic N) is 1. The first-order chi connectivity index (χ1) is 7.66. The molecule has 1 unspecified atom stereocenters. The summed E-state index contributed by atoms with van der Waals surface area (Å²) < 4.78 is 0. The summed E-state index contributed by atoms with van der Waals surface area (Å²) in [6.45, 7) is 0.890. The molecule has 2 rings (SSSR count). The van der Waals surface area contributed by atoms with Gasteiger partial charge in [0, 0.05) is 6.54 Å². The SMILES string of the molecule is Nc1nc(NCC2CCSC2)c(Cl)cc1Cl. The first-order valence-corrected chi connectivity index (χ1v) is 7.01. The molecule has 0 bridgehead atoms. The van der Waals surface area contributed by atoms with Crippen LogP contribution in [0, 0.1) is 5.92 Å². The van der Waals surface area contributed by atoms with Gasteiger partial charge in [0.25, 0.3) is 0 Å². The van der Waals surface area contributed by atoms with Gasteiger partial charge in [0.15, 0.2) is 0 Å². The van der Waals surface area contributed by atoms with Crippen molar-refractivity contribution in [1.29, 1.82) is 0 Å². The van der Waals surface area contributed by atoms with E-state index in [-0.39, 0.29) is 0 Å². The number of anilines is 2. The van der Waals surface area contributed by atoms with Gasteiger partial charge in [0.1, 0.15) is 11.6 Å². The van der Waals surface area contributed by atoms with Crippen molar-refractivity contribution >= 4 is 46.6 Å². The maximum atomic E-state index is 6.02. The molecule has 0 saturated carbocycles. The molecule has 1 fully saturated rings. The van der Waals surface area contributed by atoms with Crippen LogP contribution in [0.3, 0.4) is 0 Å². The Balaban J connectivity index is 2.00. The normalized spacial score (nSPS) is 20.0. The monoisotopic (exact) mass is 277 g/mol. The van der Waals surface area contributed by atoms with Gasteiger partial charge >= 0.3 is 0 Å². The predicted molar refractivity (Wildman–Crippen MR) is 72.6 cm³/mol. The Hall–Kier alpha value is -0.320. The largest absolute Gasteiger partial charge is 0.382 e. The molecule has 1 aliphatic heterocycles. The first-order valence-electron chi connectivity index (χ1n) is 5.10. The molecule has 16 heavy (non-hydrogen) atoms. The fourth-order valence-electron chi connectivity index (χ4n) is 1.59. The zero-order valence-corrected chi connectivity index (χ0v) is 11.0. The molecular formula is C10H13Cl2N3S. The molecule has 3 nitrogen and oxygen atoms in total. The molecule has 88 valence electrons. The zero-order valence-electron chi connectivity index (χ0n) is 8.67. The van der Waals surface area contributed by atoms with Crippen molar-refractivity contribution in [2.24, 2.45) is 5.92 Å². The van der Waals surface area contributed by atoms with Crippen LogP contribution in [0.1, 0.15) is 6.42 Å². The third kappa shape index (κ3) is 2.87. The smallest absolute Gasteiger partial charge is 0.147 e. The molecule has 2 heterocycles. The summed E-state index contributed by atoms with van der Waals surface area (Å²) in [6.07, 6.45) is 1.25. The van der Waals surface area contributed by atoms with Gasteiger partial charge in [-0.3, -0.25) is 0 Å². The topological polar surface area (TPSA) is 50.9 Å². The Morgan fingerprint density at radius 1 is 1.50 bits per heavy atom. The molecule has 1 atom stereocenters. The summed E-state index contributed by atoms with van der Waals surface area (Å²) in [5, 5.41) is 4.14. The number of rotatable bonds is 3. The lowest BCUT2D eigenvalue weighted by Gasteiger charge is -2.12. The summed E-state index contributed by atoms with van der Waals surface area (Å²) in [4.78, 5) is 4.13. The van der Waals surface area contributed by atoms with Crippen molar-refractivity contribution in [3.63, 3.8) is 0 Å². The minimum Gasteiger partial charge on any atom is -0.382 e. The van der Waals surface area contributed by atoms with Crippen molar-refractivity contribution < 1.29 is 0 Å². The second-order valence-electron chi connectivity index (χ2n) is 3.80. The highest BCUT2D eigenvalue weighted by atomic mass is 35.5. The predicted octanol–water partition coefficient (Wildman–Crippen LogP) is 3.14. The minimum absolute atomic E-state index is 0.314. The molecule has 1 aliphatic rings. The summed E-state index contributed by atoms with van der Waals surface area (Å²) in [5.41, 5.74) is 5.63. The van der Waals surface area contributed by atoms with Crippen LogP contribution in [-0.4, -0.2) is 23.0 Å². The van der Waals surface area contributed by atoms with E-state index in [9.17, 15) is 0 Å². The van der Waals surface area contributed by atoms with Crippen LogP contribution in [0.4, 0.5) is 11.6 Å². The Bertz CT molecular complexity index is 381. The molecule has 0 radical (unpaired) electrons. The molecule has 6 heteroatoms. The lowest BCUT2D eigenvalue weighted by molar-refractivity contribution is 0.630.